The van der Waals surface area contributed by atoms with E-state index in [4.69, 9.17) is 4.74 Å². The molecule has 4 unspecified atom stereocenters. The molecule has 0 aromatic rings. The van der Waals surface area contributed by atoms with E-state index in [1.165, 1.54) is 13.2 Å². The zero-order valence-corrected chi connectivity index (χ0v) is 15.7. The van der Waals surface area contributed by atoms with Gasteiger partial charge in [-0.15, -0.1) is 0 Å². The molecule has 1 fully saturated rings. The summed E-state index contributed by atoms with van der Waals surface area (Å²) in [5, 5.41) is 35.7. The lowest BCUT2D eigenvalue weighted by Gasteiger charge is -2.28. The highest BCUT2D eigenvalue weighted by molar-refractivity contribution is 5.89. The molecule has 5 N–H and O–H groups in total. The minimum absolute atomic E-state index is 0.212. The Morgan fingerprint density at radius 3 is 2.62 bits per heavy atom. The summed E-state index contributed by atoms with van der Waals surface area (Å²) in [7, 11) is 1.22. The molecule has 0 bridgehead atoms. The maximum atomic E-state index is 12.4. The van der Waals surface area contributed by atoms with Gasteiger partial charge in [0.25, 0.3) is 5.91 Å². The van der Waals surface area contributed by atoms with E-state index in [0.717, 1.165) is 19.3 Å². The maximum Gasteiger partial charge on any atom is 0.252 e. The quantitative estimate of drug-likeness (QED) is 0.346. The van der Waals surface area contributed by atoms with Crippen molar-refractivity contribution in [3.8, 4) is 0 Å². The van der Waals surface area contributed by atoms with Gasteiger partial charge < -0.3 is 30.7 Å². The van der Waals surface area contributed by atoms with Gasteiger partial charge in [-0.3, -0.25) is 9.59 Å². The van der Waals surface area contributed by atoms with Crippen LogP contribution in [-0.2, 0) is 14.3 Å². The average molecular weight is 372 g/mol. The molecule has 150 valence electrons. The summed E-state index contributed by atoms with van der Waals surface area (Å²) in [6.45, 7) is 4.51. The zero-order chi connectivity index (χ0) is 19.7. The van der Waals surface area contributed by atoms with Crippen LogP contribution in [-0.4, -0.2) is 71.2 Å². The predicted octanol–water partition coefficient (Wildman–Crippen LogP) is -0.529. The number of rotatable bonds is 9. The number of allylic oxidation sites excluding steroid dienone is 1. The normalized spacial score (nSPS) is 24.2. The largest absolute Gasteiger partial charge is 0.387 e. The molecule has 0 aliphatic carbocycles. The highest BCUT2D eigenvalue weighted by atomic mass is 16.5. The summed E-state index contributed by atoms with van der Waals surface area (Å²) in [5.41, 5.74) is 0. The maximum absolute atomic E-state index is 12.4. The molecule has 0 aromatic carbocycles. The average Bonchev–Trinajstić information content (AvgIpc) is 2.83. The second kappa shape index (κ2) is 11.3. The number of amides is 2. The van der Waals surface area contributed by atoms with E-state index in [0.29, 0.717) is 13.0 Å². The van der Waals surface area contributed by atoms with Crippen molar-refractivity contribution in [1.82, 2.24) is 10.6 Å². The molecule has 1 aliphatic rings. The Bertz CT molecular complexity index is 484. The fourth-order valence-electron chi connectivity index (χ4n) is 2.67. The van der Waals surface area contributed by atoms with E-state index in [-0.39, 0.29) is 11.8 Å². The van der Waals surface area contributed by atoms with Crippen molar-refractivity contribution in [2.75, 3.05) is 13.7 Å². The van der Waals surface area contributed by atoms with Crippen LogP contribution in [0.1, 0.15) is 39.5 Å². The van der Waals surface area contributed by atoms with Gasteiger partial charge in [-0.25, -0.2) is 0 Å². The van der Waals surface area contributed by atoms with Gasteiger partial charge in [0.1, 0.15) is 24.4 Å². The molecule has 2 amide bonds. The van der Waals surface area contributed by atoms with E-state index in [2.05, 4.69) is 10.6 Å². The molecule has 8 nitrogen and oxygen atoms in total. The fraction of sp³-hybridized carbons (Fsp3) is 0.778. The molecular formula is C18H32N2O6. The van der Waals surface area contributed by atoms with Gasteiger partial charge in [-0.1, -0.05) is 32.4 Å². The lowest BCUT2D eigenvalue weighted by molar-refractivity contribution is -0.150. The summed E-state index contributed by atoms with van der Waals surface area (Å²) >= 11 is 0. The Labute approximate surface area is 154 Å². The van der Waals surface area contributed by atoms with E-state index >= 15 is 0 Å². The van der Waals surface area contributed by atoms with Crippen molar-refractivity contribution in [2.24, 2.45) is 5.92 Å². The minimum atomic E-state index is -1.65. The SMILES string of the molecule is CCC(C)/C=C/C(O)C(O)C(O)[C@@H](OC)C(=O)N[C@H]1CCCCNC1=O. The Morgan fingerprint density at radius 2 is 2.00 bits per heavy atom. The van der Waals surface area contributed by atoms with Gasteiger partial charge in [0, 0.05) is 13.7 Å². The summed E-state index contributed by atoms with van der Waals surface area (Å²) in [6, 6.07) is -0.706. The molecule has 1 aliphatic heterocycles. The first-order valence-corrected chi connectivity index (χ1v) is 9.15. The first-order valence-electron chi connectivity index (χ1n) is 9.15. The van der Waals surface area contributed by atoms with Crippen molar-refractivity contribution in [2.45, 2.75) is 70.0 Å². The second-order valence-electron chi connectivity index (χ2n) is 6.75. The van der Waals surface area contributed by atoms with Crippen LogP contribution in [0.15, 0.2) is 12.2 Å². The Balaban J connectivity index is 2.70. The standard InChI is InChI=1S/C18H32N2O6/c1-4-11(2)8-9-13(21)14(22)15(23)16(26-3)18(25)20-12-7-5-6-10-19-17(12)24/h8-9,11-16,21-23H,4-7,10H2,1-3H3,(H,19,24)(H,20,25)/b9-8+/t11?,12-,13?,14?,15?,16+/m0/s1. The fourth-order valence-corrected chi connectivity index (χ4v) is 2.67. The summed E-state index contributed by atoms with van der Waals surface area (Å²) < 4.78 is 5.01. The van der Waals surface area contributed by atoms with Gasteiger partial charge in [-0.05, 0) is 25.2 Å². The molecular weight excluding hydrogens is 340 g/mol. The summed E-state index contributed by atoms with van der Waals surface area (Å²) in [4.78, 5) is 24.3. The second-order valence-corrected chi connectivity index (χ2v) is 6.75. The van der Waals surface area contributed by atoms with Crippen LogP contribution in [0, 0.1) is 5.92 Å². The van der Waals surface area contributed by atoms with E-state index < -0.39 is 36.4 Å². The molecule has 1 heterocycles. The van der Waals surface area contributed by atoms with Gasteiger partial charge in [0.2, 0.25) is 5.91 Å². The number of carbonyl (C=O) groups excluding carboxylic acids is 2. The molecule has 6 atom stereocenters. The molecule has 8 heteroatoms. The van der Waals surface area contributed by atoms with Crippen LogP contribution in [0.25, 0.3) is 0 Å². The third-order valence-electron chi connectivity index (χ3n) is 4.65. The first kappa shape index (κ1) is 22.6. The van der Waals surface area contributed by atoms with Crippen LogP contribution >= 0.6 is 0 Å². The zero-order valence-electron chi connectivity index (χ0n) is 15.7. The number of carbonyl (C=O) groups is 2. The van der Waals surface area contributed by atoms with Gasteiger partial charge >= 0.3 is 0 Å². The number of aliphatic hydroxyl groups excluding tert-OH is 3. The van der Waals surface area contributed by atoms with Gasteiger partial charge in [-0.2, -0.15) is 0 Å². The highest BCUT2D eigenvalue weighted by Crippen LogP contribution is 2.12. The Hall–Kier alpha value is -1.48. The third-order valence-corrected chi connectivity index (χ3v) is 4.65. The van der Waals surface area contributed by atoms with E-state index in [1.54, 1.807) is 6.08 Å². The van der Waals surface area contributed by atoms with Crippen molar-refractivity contribution in [1.29, 1.82) is 0 Å². The van der Waals surface area contributed by atoms with Crippen LogP contribution in [0.5, 0.6) is 0 Å². The van der Waals surface area contributed by atoms with Crippen molar-refractivity contribution >= 4 is 11.8 Å². The van der Waals surface area contributed by atoms with Crippen LogP contribution in [0.3, 0.4) is 0 Å². The lowest BCUT2D eigenvalue weighted by Crippen LogP contribution is -2.55. The number of hydrogen-bond acceptors (Lipinski definition) is 6. The first-order chi connectivity index (χ1) is 12.3. The van der Waals surface area contributed by atoms with E-state index in [1.807, 2.05) is 13.8 Å². The monoisotopic (exact) mass is 372 g/mol. The Morgan fingerprint density at radius 1 is 1.31 bits per heavy atom. The minimum Gasteiger partial charge on any atom is -0.387 e. The molecule has 0 spiro atoms. The predicted molar refractivity (Wildman–Crippen MR) is 96.2 cm³/mol. The highest BCUT2D eigenvalue weighted by Gasteiger charge is 2.36. The number of ether oxygens (including phenoxy) is 1. The smallest absolute Gasteiger partial charge is 0.252 e. The topological polar surface area (TPSA) is 128 Å². The molecule has 26 heavy (non-hydrogen) atoms. The van der Waals surface area contributed by atoms with Crippen LogP contribution < -0.4 is 10.6 Å². The van der Waals surface area contributed by atoms with Crippen molar-refractivity contribution in [3.63, 3.8) is 0 Å². The van der Waals surface area contributed by atoms with Crippen molar-refractivity contribution < 1.29 is 29.6 Å². The van der Waals surface area contributed by atoms with Crippen LogP contribution in [0.4, 0.5) is 0 Å². The molecule has 1 rings (SSSR count). The molecule has 0 radical (unpaired) electrons. The van der Waals surface area contributed by atoms with E-state index in [9.17, 15) is 24.9 Å². The molecule has 0 saturated carbocycles. The summed E-state index contributed by atoms with van der Waals surface area (Å²) in [5.74, 6) is -0.777. The number of hydrogen-bond donors (Lipinski definition) is 5. The summed E-state index contributed by atoms with van der Waals surface area (Å²) in [6.07, 6.45) is 0.108. The van der Waals surface area contributed by atoms with Crippen LogP contribution in [0.2, 0.25) is 0 Å². The van der Waals surface area contributed by atoms with Gasteiger partial charge in [0.05, 0.1) is 0 Å². The number of aliphatic hydroxyl groups is 3. The number of methoxy groups -OCH3 is 1. The molecule has 0 aromatic heterocycles. The third kappa shape index (κ3) is 6.68. The molecule has 1 saturated heterocycles. The number of nitrogens with one attached hydrogen (secondary N) is 2. The lowest BCUT2D eigenvalue weighted by atomic mass is 9.99. The van der Waals surface area contributed by atoms with Gasteiger partial charge in [0.15, 0.2) is 6.10 Å². The Kier molecular flexibility index (Phi) is 9.79. The van der Waals surface area contributed by atoms with Crippen molar-refractivity contribution in [3.05, 3.63) is 12.2 Å².